The standard InChI is InChI=1S/C14H22N2O4S/c1-4-20-14(17)13-9-12(15-21(18,19)16(13)3)11-7-5-10(2)6-8-11/h9-11H,4-8H2,1-3H3. The summed E-state index contributed by atoms with van der Waals surface area (Å²) in [6, 6.07) is 0. The number of hydrogen-bond donors (Lipinski definition) is 0. The lowest BCUT2D eigenvalue weighted by atomic mass is 9.80. The third-order valence-corrected chi connectivity index (χ3v) is 5.44. The molecule has 2 rings (SSSR count). The van der Waals surface area contributed by atoms with Crippen LogP contribution in [0.25, 0.3) is 0 Å². The zero-order chi connectivity index (χ0) is 15.6. The van der Waals surface area contributed by atoms with E-state index in [1.54, 1.807) is 13.0 Å². The van der Waals surface area contributed by atoms with Crippen molar-refractivity contribution in [1.29, 1.82) is 0 Å². The van der Waals surface area contributed by atoms with E-state index in [1.807, 2.05) is 0 Å². The van der Waals surface area contributed by atoms with Crippen molar-refractivity contribution in [3.05, 3.63) is 11.8 Å². The summed E-state index contributed by atoms with van der Waals surface area (Å²) in [6.45, 7) is 4.09. The van der Waals surface area contributed by atoms with Crippen molar-refractivity contribution in [1.82, 2.24) is 4.31 Å². The molecule has 1 saturated carbocycles. The Morgan fingerprint density at radius 1 is 1.38 bits per heavy atom. The summed E-state index contributed by atoms with van der Waals surface area (Å²) in [5.74, 6) is 0.146. The van der Waals surface area contributed by atoms with Gasteiger partial charge in [0.15, 0.2) is 0 Å². The third-order valence-electron chi connectivity index (χ3n) is 4.11. The summed E-state index contributed by atoms with van der Waals surface area (Å²) in [4.78, 5) is 11.9. The summed E-state index contributed by atoms with van der Waals surface area (Å²) >= 11 is 0. The first kappa shape index (κ1) is 16.0. The van der Waals surface area contributed by atoms with Gasteiger partial charge in [-0.25, -0.2) is 9.10 Å². The third kappa shape index (κ3) is 3.45. The minimum atomic E-state index is -3.83. The number of carbonyl (C=O) groups excluding carboxylic acids is 1. The van der Waals surface area contributed by atoms with Crippen LogP contribution in [-0.2, 0) is 19.7 Å². The van der Waals surface area contributed by atoms with Crippen LogP contribution in [0.2, 0.25) is 0 Å². The molecule has 0 spiro atoms. The molecule has 1 aliphatic carbocycles. The molecule has 2 aliphatic rings. The molecule has 6 nitrogen and oxygen atoms in total. The molecule has 0 aromatic heterocycles. The van der Waals surface area contributed by atoms with Gasteiger partial charge in [-0.1, -0.05) is 19.8 Å². The van der Waals surface area contributed by atoms with Gasteiger partial charge in [0.05, 0.1) is 12.3 Å². The number of esters is 1. The lowest BCUT2D eigenvalue weighted by molar-refractivity contribution is -0.139. The molecule has 0 bridgehead atoms. The second-order valence-corrected chi connectivity index (χ2v) is 7.29. The van der Waals surface area contributed by atoms with Crippen molar-refractivity contribution >= 4 is 21.9 Å². The Kier molecular flexibility index (Phi) is 4.70. The molecule has 0 aromatic rings. The van der Waals surface area contributed by atoms with Crippen LogP contribution in [0.5, 0.6) is 0 Å². The summed E-state index contributed by atoms with van der Waals surface area (Å²) in [6.07, 6.45) is 5.50. The average molecular weight is 314 g/mol. The quantitative estimate of drug-likeness (QED) is 0.745. The molecule has 0 atom stereocenters. The maximum Gasteiger partial charge on any atom is 0.355 e. The maximum absolute atomic E-state index is 12.1. The molecule has 1 aliphatic heterocycles. The lowest BCUT2D eigenvalue weighted by Gasteiger charge is -2.29. The van der Waals surface area contributed by atoms with Crippen LogP contribution in [0.3, 0.4) is 0 Å². The highest BCUT2D eigenvalue weighted by Gasteiger charge is 2.33. The van der Waals surface area contributed by atoms with E-state index in [-0.39, 0.29) is 18.2 Å². The van der Waals surface area contributed by atoms with Crippen LogP contribution in [0.1, 0.15) is 39.5 Å². The Hall–Kier alpha value is -1.37. The molecule has 0 saturated heterocycles. The highest BCUT2D eigenvalue weighted by Crippen LogP contribution is 2.32. The number of ether oxygens (including phenoxy) is 1. The van der Waals surface area contributed by atoms with Gasteiger partial charge in [0.2, 0.25) is 0 Å². The Bertz CT molecular complexity index is 572. The molecule has 0 radical (unpaired) electrons. The number of rotatable bonds is 3. The van der Waals surface area contributed by atoms with E-state index >= 15 is 0 Å². The summed E-state index contributed by atoms with van der Waals surface area (Å²) < 4.78 is 33.9. The van der Waals surface area contributed by atoms with Crippen molar-refractivity contribution in [3.63, 3.8) is 0 Å². The van der Waals surface area contributed by atoms with E-state index in [0.717, 1.165) is 30.0 Å². The molecular weight excluding hydrogens is 292 g/mol. The van der Waals surface area contributed by atoms with E-state index < -0.39 is 16.2 Å². The zero-order valence-electron chi connectivity index (χ0n) is 12.7. The van der Waals surface area contributed by atoms with Gasteiger partial charge < -0.3 is 4.74 Å². The van der Waals surface area contributed by atoms with E-state index in [1.165, 1.54) is 7.05 Å². The first-order chi connectivity index (χ1) is 9.85. The largest absolute Gasteiger partial charge is 0.461 e. The van der Waals surface area contributed by atoms with Crippen LogP contribution in [0.4, 0.5) is 0 Å². The van der Waals surface area contributed by atoms with Gasteiger partial charge in [0, 0.05) is 13.0 Å². The normalized spacial score (nSPS) is 28.6. The van der Waals surface area contributed by atoms with Crippen molar-refractivity contribution in [3.8, 4) is 0 Å². The molecule has 0 aromatic carbocycles. The molecule has 0 N–H and O–H groups in total. The van der Waals surface area contributed by atoms with Gasteiger partial charge in [0.1, 0.15) is 5.70 Å². The molecular formula is C14H22N2O4S. The molecule has 0 amide bonds. The maximum atomic E-state index is 12.1. The summed E-state index contributed by atoms with van der Waals surface area (Å²) in [5, 5.41) is 0. The average Bonchev–Trinajstić information content (AvgIpc) is 2.42. The number of allylic oxidation sites excluding steroid dienone is 1. The molecule has 0 unspecified atom stereocenters. The number of nitrogens with zero attached hydrogens (tertiary/aromatic N) is 2. The second kappa shape index (κ2) is 6.17. The molecule has 1 heterocycles. The SMILES string of the molecule is CCOC(=O)C1=CC(C2CCC(C)CC2)=NS(=O)(=O)N1C. The molecule has 118 valence electrons. The molecule has 21 heavy (non-hydrogen) atoms. The van der Waals surface area contributed by atoms with Crippen molar-refractivity contribution < 1.29 is 17.9 Å². The number of hydrogen-bond acceptors (Lipinski definition) is 4. The van der Waals surface area contributed by atoms with Crippen molar-refractivity contribution in [2.24, 2.45) is 16.2 Å². The first-order valence-electron chi connectivity index (χ1n) is 7.32. The predicted octanol–water partition coefficient (Wildman–Crippen LogP) is 1.89. The highest BCUT2D eigenvalue weighted by molar-refractivity contribution is 7.88. The fraction of sp³-hybridized carbons (Fsp3) is 0.714. The van der Waals surface area contributed by atoms with Crippen LogP contribution in [0.15, 0.2) is 16.2 Å². The number of carbonyl (C=O) groups is 1. The lowest BCUT2D eigenvalue weighted by Crippen LogP contribution is -2.36. The fourth-order valence-electron chi connectivity index (χ4n) is 2.72. The van der Waals surface area contributed by atoms with Crippen molar-refractivity contribution in [2.75, 3.05) is 13.7 Å². The Morgan fingerprint density at radius 2 is 2.00 bits per heavy atom. The van der Waals surface area contributed by atoms with Gasteiger partial charge in [-0.15, -0.1) is 4.40 Å². The minimum Gasteiger partial charge on any atom is -0.461 e. The predicted molar refractivity (Wildman–Crippen MR) is 80.0 cm³/mol. The Balaban J connectivity index is 2.29. The second-order valence-electron chi connectivity index (χ2n) is 5.67. The van der Waals surface area contributed by atoms with E-state index in [9.17, 15) is 13.2 Å². The Morgan fingerprint density at radius 3 is 2.57 bits per heavy atom. The smallest absolute Gasteiger partial charge is 0.355 e. The minimum absolute atomic E-state index is 0.0421. The monoisotopic (exact) mass is 314 g/mol. The highest BCUT2D eigenvalue weighted by atomic mass is 32.2. The van der Waals surface area contributed by atoms with Gasteiger partial charge in [-0.2, -0.15) is 8.42 Å². The van der Waals surface area contributed by atoms with Crippen LogP contribution in [-0.4, -0.2) is 38.1 Å². The van der Waals surface area contributed by atoms with Gasteiger partial charge in [-0.05, 0) is 31.8 Å². The Labute approximate surface area is 126 Å². The van der Waals surface area contributed by atoms with Crippen molar-refractivity contribution in [2.45, 2.75) is 39.5 Å². The van der Waals surface area contributed by atoms with Crippen LogP contribution >= 0.6 is 0 Å². The van der Waals surface area contributed by atoms with E-state index in [0.29, 0.717) is 11.6 Å². The van der Waals surface area contributed by atoms with Gasteiger partial charge >= 0.3 is 16.2 Å². The molecule has 1 fully saturated rings. The summed E-state index contributed by atoms with van der Waals surface area (Å²) in [5.41, 5.74) is 0.531. The first-order valence-corrected chi connectivity index (χ1v) is 8.72. The van der Waals surface area contributed by atoms with Crippen LogP contribution < -0.4 is 0 Å². The molecule has 7 heteroatoms. The summed E-state index contributed by atoms with van der Waals surface area (Å²) in [7, 11) is -2.51. The zero-order valence-corrected chi connectivity index (χ0v) is 13.5. The fourth-order valence-corrected chi connectivity index (χ4v) is 3.68. The van der Waals surface area contributed by atoms with Gasteiger partial charge in [0.25, 0.3) is 0 Å². The van der Waals surface area contributed by atoms with Crippen LogP contribution in [0, 0.1) is 11.8 Å². The van der Waals surface area contributed by atoms with E-state index in [4.69, 9.17) is 4.74 Å². The van der Waals surface area contributed by atoms with Gasteiger partial charge in [-0.3, -0.25) is 0 Å². The number of likely N-dealkylation sites (N-methyl/N-ethyl adjacent to an activating group) is 1. The topological polar surface area (TPSA) is 76.0 Å². The van der Waals surface area contributed by atoms with E-state index in [2.05, 4.69) is 11.3 Å².